The third-order valence-corrected chi connectivity index (χ3v) is 14.5. The highest BCUT2D eigenvalue weighted by molar-refractivity contribution is 7.86. The van der Waals surface area contributed by atoms with Crippen LogP contribution in [0.25, 0.3) is 27.1 Å². The third kappa shape index (κ3) is 8.89. The fraction of sp³-hybridized carbons (Fsp3) is 0.320. The summed E-state index contributed by atoms with van der Waals surface area (Å²) in [5, 5.41) is 14.6. The highest BCUT2D eigenvalue weighted by Gasteiger charge is 2.46. The molecule has 0 saturated carbocycles. The smallest absolute Gasteiger partial charge is 0.303 e. The van der Waals surface area contributed by atoms with Gasteiger partial charge in [0, 0.05) is 71.2 Å². The fourth-order valence-corrected chi connectivity index (χ4v) is 10.9. The number of rotatable bonds is 15. The first kappa shape index (κ1) is 47.0. The average molecular weight is 920 g/mol. The molecule has 0 unspecified atom stereocenters. The van der Waals surface area contributed by atoms with Gasteiger partial charge in [0.15, 0.2) is 5.71 Å². The number of fused-ring (bicyclic) bond motifs is 6. The molecule has 0 spiro atoms. The van der Waals surface area contributed by atoms with Crippen LogP contribution in [0.5, 0.6) is 0 Å². The highest BCUT2D eigenvalue weighted by atomic mass is 32.2. The molecule has 3 heterocycles. The Kier molecular flexibility index (Phi) is 12.8. The lowest BCUT2D eigenvalue weighted by Gasteiger charge is -2.26. The number of benzene rings is 4. The van der Waals surface area contributed by atoms with Crippen molar-refractivity contribution in [2.45, 2.75) is 94.8 Å². The summed E-state index contributed by atoms with van der Waals surface area (Å²) in [4.78, 5) is 30.6. The maximum absolute atomic E-state index is 13.1. The molecule has 1 amide bonds. The molecule has 2 aliphatic rings. The van der Waals surface area contributed by atoms with Crippen molar-refractivity contribution in [3.8, 4) is 0 Å². The molecule has 4 N–H and O–H groups in total. The minimum absolute atomic E-state index is 0.0880. The number of carboxylic acid groups (broad SMARTS) is 1. The standard InChI is InChI=1S/C50H54N4O9S2/c1-8-53-40-24-21-36-37(14-13-15-42(36)65(61,62)63)46(40)49(4,5)43(53)25-18-32(39-22-17-33(30-52-39)48(57)51-27-12-10-11-16-45(55)56)19-26-44-50(6,7)47-38-29-34(64(58,59)60)28-31(3)35(38)20-23-41(47)54(44)9-2/h13-15,17-26,28-30H,8-12,16,27H2,1-7H3,(H3-,51,55,56,57,58,59,60,61,62,63)/p+1. The summed E-state index contributed by atoms with van der Waals surface area (Å²) in [6.07, 6.45) is 11.5. The van der Waals surface area contributed by atoms with Crippen molar-refractivity contribution in [3.63, 3.8) is 0 Å². The molecule has 0 fully saturated rings. The Balaban J connectivity index is 1.32. The van der Waals surface area contributed by atoms with Crippen LogP contribution in [-0.2, 0) is 35.9 Å². The van der Waals surface area contributed by atoms with E-state index in [9.17, 15) is 35.5 Å². The first-order valence-corrected chi connectivity index (χ1v) is 24.6. The Morgan fingerprint density at radius 3 is 2.22 bits per heavy atom. The summed E-state index contributed by atoms with van der Waals surface area (Å²) >= 11 is 0. The molecule has 2 aliphatic heterocycles. The SMILES string of the molecule is CCN1/C(=C/C=C(/C=C/C2=[N+](CC)c3ccc4c(C)cc(S(=O)(=O)O)cc4c3C2(C)C)c2ccc(C(=O)NCCCCCC(=O)O)cn2)C(C)(C)c2c1ccc1c(S(=O)(=O)O)cccc21. The second kappa shape index (κ2) is 17.8. The van der Waals surface area contributed by atoms with Crippen LogP contribution < -0.4 is 10.2 Å². The zero-order valence-corrected chi connectivity index (χ0v) is 39.3. The maximum Gasteiger partial charge on any atom is 0.303 e. The van der Waals surface area contributed by atoms with E-state index in [1.807, 2.05) is 69.3 Å². The van der Waals surface area contributed by atoms with E-state index >= 15 is 0 Å². The predicted octanol–water partition coefficient (Wildman–Crippen LogP) is 9.30. The van der Waals surface area contributed by atoms with Gasteiger partial charge in [0.25, 0.3) is 26.1 Å². The Morgan fingerprint density at radius 1 is 0.831 bits per heavy atom. The third-order valence-electron chi connectivity index (χ3n) is 12.7. The van der Waals surface area contributed by atoms with Gasteiger partial charge in [-0.3, -0.25) is 23.7 Å². The normalized spacial score (nSPS) is 16.5. The van der Waals surface area contributed by atoms with Gasteiger partial charge < -0.3 is 15.3 Å². The molecule has 0 atom stereocenters. The van der Waals surface area contributed by atoms with Crippen LogP contribution in [0.4, 0.5) is 11.4 Å². The van der Waals surface area contributed by atoms with Gasteiger partial charge in [-0.1, -0.05) is 44.5 Å². The molecule has 340 valence electrons. The topological polar surface area (TPSA) is 194 Å². The van der Waals surface area contributed by atoms with E-state index in [1.165, 1.54) is 18.3 Å². The van der Waals surface area contributed by atoms with Crippen molar-refractivity contribution < 1.29 is 45.2 Å². The van der Waals surface area contributed by atoms with Gasteiger partial charge in [-0.2, -0.15) is 21.4 Å². The van der Waals surface area contributed by atoms with Gasteiger partial charge >= 0.3 is 5.97 Å². The Hall–Kier alpha value is -6.00. The number of aromatic nitrogens is 1. The number of unbranched alkanes of at least 4 members (excludes halogenated alkanes) is 2. The molecule has 15 heteroatoms. The number of nitrogens with zero attached hydrogens (tertiary/aromatic N) is 3. The Bertz CT molecular complexity index is 3130. The zero-order valence-electron chi connectivity index (χ0n) is 37.6. The number of carbonyl (C=O) groups is 2. The van der Waals surface area contributed by atoms with E-state index in [2.05, 4.69) is 42.5 Å². The van der Waals surface area contributed by atoms with Crippen molar-refractivity contribution in [2.75, 3.05) is 24.5 Å². The zero-order chi connectivity index (χ0) is 47.2. The minimum Gasteiger partial charge on any atom is -0.481 e. The van der Waals surface area contributed by atoms with Gasteiger partial charge in [-0.15, -0.1) is 0 Å². The molecular weight excluding hydrogens is 865 g/mol. The molecule has 7 rings (SSSR count). The van der Waals surface area contributed by atoms with Crippen LogP contribution >= 0.6 is 0 Å². The summed E-state index contributed by atoms with van der Waals surface area (Å²) in [6.45, 7) is 15.9. The number of carbonyl (C=O) groups excluding carboxylic acids is 1. The van der Waals surface area contributed by atoms with E-state index in [4.69, 9.17) is 10.1 Å². The van der Waals surface area contributed by atoms with Gasteiger partial charge in [-0.25, -0.2) is 0 Å². The maximum atomic E-state index is 13.1. The van der Waals surface area contributed by atoms with Crippen molar-refractivity contribution in [3.05, 3.63) is 131 Å². The Labute approximate surface area is 380 Å². The van der Waals surface area contributed by atoms with Crippen molar-refractivity contribution in [1.29, 1.82) is 0 Å². The molecule has 0 radical (unpaired) electrons. The van der Waals surface area contributed by atoms with Gasteiger partial charge in [-0.05, 0) is 129 Å². The van der Waals surface area contributed by atoms with Crippen molar-refractivity contribution in [1.82, 2.24) is 10.3 Å². The van der Waals surface area contributed by atoms with Crippen LogP contribution in [-0.4, -0.2) is 77.8 Å². The number of aryl methyl sites for hydroxylation is 1. The van der Waals surface area contributed by atoms with E-state index < -0.39 is 37.0 Å². The molecule has 0 saturated heterocycles. The summed E-state index contributed by atoms with van der Waals surface area (Å²) in [6, 6.07) is 19.1. The molecule has 1 aromatic heterocycles. The van der Waals surface area contributed by atoms with Gasteiger partial charge in [0.2, 0.25) is 5.69 Å². The highest BCUT2D eigenvalue weighted by Crippen LogP contribution is 2.51. The lowest BCUT2D eigenvalue weighted by molar-refractivity contribution is -0.433. The van der Waals surface area contributed by atoms with E-state index in [0.717, 1.165) is 55.6 Å². The van der Waals surface area contributed by atoms with E-state index in [0.29, 0.717) is 61.1 Å². The van der Waals surface area contributed by atoms with Crippen LogP contribution in [0.1, 0.15) is 100.0 Å². The molecule has 65 heavy (non-hydrogen) atoms. The van der Waals surface area contributed by atoms with Crippen LogP contribution in [0.15, 0.2) is 113 Å². The van der Waals surface area contributed by atoms with Crippen molar-refractivity contribution >= 4 is 76.3 Å². The minimum atomic E-state index is -4.49. The number of pyridine rings is 1. The second-order valence-corrected chi connectivity index (χ2v) is 20.4. The number of likely N-dealkylation sites (N-methyl/N-ethyl adjacent to an activating group) is 1. The number of aliphatic carboxylic acids is 1. The number of anilines is 1. The number of nitrogens with one attached hydrogen (secondary N) is 1. The molecule has 0 aliphatic carbocycles. The number of hydrogen-bond donors (Lipinski definition) is 4. The molecule has 0 bridgehead atoms. The molecule has 13 nitrogen and oxygen atoms in total. The largest absolute Gasteiger partial charge is 0.481 e. The van der Waals surface area contributed by atoms with Crippen LogP contribution in [0, 0.1) is 6.92 Å². The average Bonchev–Trinajstić information content (AvgIpc) is 3.61. The number of carboxylic acids is 1. The van der Waals surface area contributed by atoms with E-state index in [1.54, 1.807) is 30.3 Å². The van der Waals surface area contributed by atoms with Gasteiger partial charge in [0.1, 0.15) is 11.4 Å². The monoisotopic (exact) mass is 919 g/mol. The Morgan fingerprint density at radius 2 is 1.57 bits per heavy atom. The van der Waals surface area contributed by atoms with E-state index in [-0.39, 0.29) is 22.1 Å². The molecule has 4 aromatic carbocycles. The summed E-state index contributed by atoms with van der Waals surface area (Å²) in [5.74, 6) is -1.14. The summed E-state index contributed by atoms with van der Waals surface area (Å²) < 4.78 is 72.0. The number of allylic oxidation sites excluding steroid dienone is 6. The molecular formula is C50H55N4O9S2+. The fourth-order valence-electron chi connectivity index (χ4n) is 9.64. The molecule has 5 aromatic rings. The predicted molar refractivity (Wildman–Crippen MR) is 255 cm³/mol. The lowest BCUT2D eigenvalue weighted by atomic mass is 9.78. The second-order valence-electron chi connectivity index (χ2n) is 17.6. The van der Waals surface area contributed by atoms with Crippen LogP contribution in [0.3, 0.4) is 0 Å². The summed E-state index contributed by atoms with van der Waals surface area (Å²) in [5.41, 5.74) is 6.72. The number of hydrogen-bond acceptors (Lipinski definition) is 8. The summed E-state index contributed by atoms with van der Waals surface area (Å²) in [7, 11) is -8.96. The van der Waals surface area contributed by atoms with Crippen molar-refractivity contribution in [2.24, 2.45) is 0 Å². The van der Waals surface area contributed by atoms with Gasteiger partial charge in [0.05, 0.1) is 21.6 Å². The lowest BCUT2D eigenvalue weighted by Crippen LogP contribution is -2.27. The first-order chi connectivity index (χ1) is 30.6. The first-order valence-electron chi connectivity index (χ1n) is 21.7. The quantitative estimate of drug-likeness (QED) is 0.0338. The number of amides is 1. The van der Waals surface area contributed by atoms with Crippen LogP contribution in [0.2, 0.25) is 0 Å².